The fourth-order valence-corrected chi connectivity index (χ4v) is 2.43. The quantitative estimate of drug-likeness (QED) is 0.806. The van der Waals surface area contributed by atoms with E-state index in [4.69, 9.17) is 0 Å². The van der Waals surface area contributed by atoms with Crippen LogP contribution in [0.1, 0.15) is 36.5 Å². The van der Waals surface area contributed by atoms with Crippen molar-refractivity contribution in [2.45, 2.75) is 26.2 Å². The fourth-order valence-electron chi connectivity index (χ4n) is 2.43. The van der Waals surface area contributed by atoms with Gasteiger partial charge in [0.05, 0.1) is 11.8 Å². The monoisotopic (exact) mass is 294 g/mol. The molecular formula is C15H23FN4O. The van der Waals surface area contributed by atoms with Crippen LogP contribution in [0.5, 0.6) is 0 Å². The highest BCUT2D eigenvalue weighted by Crippen LogP contribution is 2.13. The van der Waals surface area contributed by atoms with Crippen molar-refractivity contribution in [3.63, 3.8) is 0 Å². The molecule has 5 nitrogen and oxygen atoms in total. The fraction of sp³-hybridized carbons (Fsp3) is 0.600. The van der Waals surface area contributed by atoms with Gasteiger partial charge in [-0.15, -0.1) is 0 Å². The topological polar surface area (TPSA) is 57.3 Å². The molecule has 2 rings (SSSR count). The number of hydrogen-bond acceptors (Lipinski definition) is 4. The number of carbonyl (C=O) groups is 1. The summed E-state index contributed by atoms with van der Waals surface area (Å²) in [6.45, 7) is 6.33. The van der Waals surface area contributed by atoms with E-state index in [-0.39, 0.29) is 11.5 Å². The number of nitrogens with zero attached hydrogens (tertiary/aromatic N) is 2. The zero-order valence-corrected chi connectivity index (χ0v) is 12.5. The van der Waals surface area contributed by atoms with Crippen LogP contribution in [0.25, 0.3) is 0 Å². The lowest BCUT2D eigenvalue weighted by Crippen LogP contribution is -2.34. The van der Waals surface area contributed by atoms with Gasteiger partial charge in [0.15, 0.2) is 0 Å². The van der Waals surface area contributed by atoms with Crippen LogP contribution < -0.4 is 10.6 Å². The molecule has 1 aromatic rings. The molecule has 0 aromatic carbocycles. The average Bonchev–Trinajstić information content (AvgIpc) is 2.99. The molecule has 1 saturated heterocycles. The molecule has 0 unspecified atom stereocenters. The van der Waals surface area contributed by atoms with Gasteiger partial charge in [-0.25, -0.2) is 9.37 Å². The summed E-state index contributed by atoms with van der Waals surface area (Å²) < 4.78 is 13.3. The predicted octanol–water partition coefficient (Wildman–Crippen LogP) is 1.87. The molecule has 0 radical (unpaired) electrons. The van der Waals surface area contributed by atoms with Crippen LogP contribution in [0, 0.1) is 5.82 Å². The second kappa shape index (κ2) is 7.93. The zero-order valence-electron chi connectivity index (χ0n) is 12.5. The van der Waals surface area contributed by atoms with Crippen LogP contribution in [0.3, 0.4) is 0 Å². The molecule has 21 heavy (non-hydrogen) atoms. The highest BCUT2D eigenvalue weighted by molar-refractivity contribution is 5.98. The highest BCUT2D eigenvalue weighted by Gasteiger charge is 2.15. The molecule has 0 bridgehead atoms. The van der Waals surface area contributed by atoms with E-state index >= 15 is 0 Å². The van der Waals surface area contributed by atoms with Crippen LogP contribution >= 0.6 is 0 Å². The van der Waals surface area contributed by atoms with Gasteiger partial charge < -0.3 is 15.5 Å². The lowest BCUT2D eigenvalue weighted by molar-refractivity contribution is 0.0950. The predicted molar refractivity (Wildman–Crippen MR) is 81.0 cm³/mol. The van der Waals surface area contributed by atoms with Crippen LogP contribution in [0.4, 0.5) is 10.2 Å². The van der Waals surface area contributed by atoms with E-state index in [1.807, 2.05) is 6.92 Å². The summed E-state index contributed by atoms with van der Waals surface area (Å²) in [6.07, 6.45) is 4.49. The normalized spacial score (nSPS) is 15.1. The smallest absolute Gasteiger partial charge is 0.255 e. The Hall–Kier alpha value is -1.69. The molecule has 116 valence electrons. The number of rotatable bonds is 7. The zero-order chi connectivity index (χ0) is 15.1. The largest absolute Gasteiger partial charge is 0.369 e. The summed E-state index contributed by atoms with van der Waals surface area (Å²) in [4.78, 5) is 18.5. The average molecular weight is 294 g/mol. The third-order valence-corrected chi connectivity index (χ3v) is 3.55. The third kappa shape index (κ3) is 4.67. The number of halogens is 1. The summed E-state index contributed by atoms with van der Waals surface area (Å²) in [6, 6.07) is 1.23. The van der Waals surface area contributed by atoms with Crippen molar-refractivity contribution in [2.24, 2.45) is 0 Å². The van der Waals surface area contributed by atoms with Gasteiger partial charge in [0.2, 0.25) is 0 Å². The lowest BCUT2D eigenvalue weighted by atomic mass is 10.2. The van der Waals surface area contributed by atoms with E-state index in [1.54, 1.807) is 0 Å². The van der Waals surface area contributed by atoms with Gasteiger partial charge in [-0.1, -0.05) is 6.92 Å². The minimum Gasteiger partial charge on any atom is -0.369 e. The van der Waals surface area contributed by atoms with Gasteiger partial charge in [-0.05, 0) is 38.4 Å². The third-order valence-electron chi connectivity index (χ3n) is 3.55. The van der Waals surface area contributed by atoms with E-state index in [2.05, 4.69) is 20.5 Å². The van der Waals surface area contributed by atoms with Crippen LogP contribution in [0.15, 0.2) is 12.3 Å². The first kappa shape index (κ1) is 15.7. The Labute approximate surface area is 124 Å². The van der Waals surface area contributed by atoms with E-state index in [1.165, 1.54) is 18.9 Å². The minimum absolute atomic E-state index is 0.268. The Morgan fingerprint density at radius 3 is 2.86 bits per heavy atom. The summed E-state index contributed by atoms with van der Waals surface area (Å²) in [5.41, 5.74) is 0.268. The molecule has 1 aliphatic rings. The van der Waals surface area contributed by atoms with E-state index in [9.17, 15) is 9.18 Å². The van der Waals surface area contributed by atoms with E-state index < -0.39 is 5.82 Å². The Bertz CT molecular complexity index is 475. The maximum absolute atomic E-state index is 13.3. The van der Waals surface area contributed by atoms with Crippen LogP contribution in [0.2, 0.25) is 0 Å². The maximum atomic E-state index is 13.3. The molecule has 2 heterocycles. The number of carbonyl (C=O) groups excluding carboxylic acids is 1. The number of likely N-dealkylation sites (tertiary alicyclic amines) is 1. The van der Waals surface area contributed by atoms with Crippen molar-refractivity contribution in [1.29, 1.82) is 0 Å². The van der Waals surface area contributed by atoms with Gasteiger partial charge in [0.1, 0.15) is 11.6 Å². The molecule has 6 heteroatoms. The molecule has 0 atom stereocenters. The van der Waals surface area contributed by atoms with Gasteiger partial charge >= 0.3 is 0 Å². The van der Waals surface area contributed by atoms with Gasteiger partial charge in [0, 0.05) is 19.6 Å². The second-order valence-electron chi connectivity index (χ2n) is 5.28. The first-order chi connectivity index (χ1) is 10.2. The van der Waals surface area contributed by atoms with Gasteiger partial charge in [-0.3, -0.25) is 4.79 Å². The number of aromatic nitrogens is 1. The van der Waals surface area contributed by atoms with Crippen molar-refractivity contribution < 1.29 is 9.18 Å². The van der Waals surface area contributed by atoms with Crippen molar-refractivity contribution in [3.05, 3.63) is 23.6 Å². The van der Waals surface area contributed by atoms with Crippen LogP contribution in [-0.4, -0.2) is 48.5 Å². The Morgan fingerprint density at radius 1 is 1.38 bits per heavy atom. The molecule has 1 aromatic heterocycles. The Balaban J connectivity index is 1.91. The molecule has 0 aliphatic carbocycles. The number of nitrogens with one attached hydrogen (secondary N) is 2. The molecule has 1 aliphatic heterocycles. The standard InChI is InChI=1S/C15H23FN4O/c1-2-5-17-14-13(10-12(16)11-19-14)15(21)18-6-9-20-7-3-4-8-20/h10-11H,2-9H2,1H3,(H,17,19)(H,18,21). The SMILES string of the molecule is CCCNc1ncc(F)cc1C(=O)NCCN1CCCC1. The summed E-state index contributed by atoms with van der Waals surface area (Å²) in [5.74, 6) is -0.335. The van der Waals surface area contributed by atoms with Gasteiger partial charge in [0.25, 0.3) is 5.91 Å². The van der Waals surface area contributed by atoms with Crippen LogP contribution in [-0.2, 0) is 0 Å². The lowest BCUT2D eigenvalue weighted by Gasteiger charge is -2.15. The Kier molecular flexibility index (Phi) is 5.92. The summed E-state index contributed by atoms with van der Waals surface area (Å²) >= 11 is 0. The van der Waals surface area contributed by atoms with Crippen molar-refractivity contribution >= 4 is 11.7 Å². The summed E-state index contributed by atoms with van der Waals surface area (Å²) in [5, 5.41) is 5.90. The van der Waals surface area contributed by atoms with E-state index in [0.717, 1.165) is 32.3 Å². The molecule has 1 amide bonds. The van der Waals surface area contributed by atoms with Crippen molar-refractivity contribution in [2.75, 3.05) is 38.0 Å². The molecule has 1 fully saturated rings. The van der Waals surface area contributed by atoms with Crippen molar-refractivity contribution in [1.82, 2.24) is 15.2 Å². The molecular weight excluding hydrogens is 271 g/mol. The molecule has 0 spiro atoms. The first-order valence-electron chi connectivity index (χ1n) is 7.60. The number of pyridine rings is 1. The molecule has 2 N–H and O–H groups in total. The number of anilines is 1. The summed E-state index contributed by atoms with van der Waals surface area (Å²) in [7, 11) is 0. The van der Waals surface area contributed by atoms with E-state index in [0.29, 0.717) is 18.9 Å². The maximum Gasteiger partial charge on any atom is 0.255 e. The number of hydrogen-bond donors (Lipinski definition) is 2. The Morgan fingerprint density at radius 2 is 2.14 bits per heavy atom. The minimum atomic E-state index is -0.498. The van der Waals surface area contributed by atoms with Gasteiger partial charge in [-0.2, -0.15) is 0 Å². The first-order valence-corrected chi connectivity index (χ1v) is 7.60. The second-order valence-corrected chi connectivity index (χ2v) is 5.28. The molecule has 0 saturated carbocycles. The van der Waals surface area contributed by atoms with Crippen molar-refractivity contribution in [3.8, 4) is 0 Å². The number of amides is 1. The highest BCUT2D eigenvalue weighted by atomic mass is 19.1.